The second kappa shape index (κ2) is 7.18. The molecule has 0 aliphatic carbocycles. The molecular formula is C19H25N3O2. The summed E-state index contributed by atoms with van der Waals surface area (Å²) in [5.41, 5.74) is 1.82. The van der Waals surface area contributed by atoms with Gasteiger partial charge < -0.3 is 15.1 Å². The molecule has 0 spiro atoms. The van der Waals surface area contributed by atoms with Gasteiger partial charge in [-0.3, -0.25) is 4.79 Å². The second-order valence-electron chi connectivity index (χ2n) is 6.90. The highest BCUT2D eigenvalue weighted by molar-refractivity contribution is 5.78. The van der Waals surface area contributed by atoms with Crippen LogP contribution in [0.5, 0.6) is 0 Å². The van der Waals surface area contributed by atoms with Crippen LogP contribution in [0.1, 0.15) is 31.2 Å². The number of benzene rings is 1. The second-order valence-corrected chi connectivity index (χ2v) is 6.90. The Hall–Kier alpha value is -2.14. The fourth-order valence-corrected chi connectivity index (χ4v) is 3.03. The molecule has 2 heterocycles. The number of amides is 1. The molecule has 2 N–H and O–H groups in total. The molecule has 0 radical (unpaired) electrons. The Kier molecular flexibility index (Phi) is 5.00. The van der Waals surface area contributed by atoms with Crippen LogP contribution in [0.4, 0.5) is 0 Å². The lowest BCUT2D eigenvalue weighted by Gasteiger charge is -2.34. The van der Waals surface area contributed by atoms with Gasteiger partial charge in [-0.2, -0.15) is 0 Å². The minimum absolute atomic E-state index is 0.00534. The summed E-state index contributed by atoms with van der Waals surface area (Å²) in [7, 11) is 0. The third-order valence-electron chi connectivity index (χ3n) is 4.76. The van der Waals surface area contributed by atoms with E-state index in [1.54, 1.807) is 0 Å². The van der Waals surface area contributed by atoms with E-state index in [2.05, 4.69) is 22.5 Å². The van der Waals surface area contributed by atoms with Crippen molar-refractivity contribution in [3.05, 3.63) is 41.8 Å². The summed E-state index contributed by atoms with van der Waals surface area (Å²) in [6.45, 7) is 6.86. The molecular weight excluding hydrogens is 302 g/mol. The summed E-state index contributed by atoms with van der Waals surface area (Å²) in [4.78, 5) is 16.8. The Balaban J connectivity index is 1.59. The van der Waals surface area contributed by atoms with Crippen molar-refractivity contribution in [2.45, 2.75) is 33.1 Å². The molecule has 1 amide bonds. The van der Waals surface area contributed by atoms with Crippen LogP contribution in [-0.2, 0) is 11.2 Å². The summed E-state index contributed by atoms with van der Waals surface area (Å²) in [6.07, 6.45) is 2.44. The first kappa shape index (κ1) is 16.7. The van der Waals surface area contributed by atoms with E-state index in [1.165, 1.54) is 0 Å². The lowest BCUT2D eigenvalue weighted by atomic mass is 9.81. The van der Waals surface area contributed by atoms with Gasteiger partial charge in [0.25, 0.3) is 0 Å². The van der Waals surface area contributed by atoms with Crippen molar-refractivity contribution < 1.29 is 9.21 Å². The molecule has 24 heavy (non-hydrogen) atoms. The normalized spacial score (nSPS) is 16.8. The fourth-order valence-electron chi connectivity index (χ4n) is 3.03. The number of rotatable bonds is 5. The predicted molar refractivity (Wildman–Crippen MR) is 93.6 cm³/mol. The van der Waals surface area contributed by atoms with E-state index in [4.69, 9.17) is 4.42 Å². The quantitative estimate of drug-likeness (QED) is 0.886. The molecule has 5 heteroatoms. The summed E-state index contributed by atoms with van der Waals surface area (Å²) in [6, 6.07) is 9.75. The van der Waals surface area contributed by atoms with Gasteiger partial charge in [0.1, 0.15) is 5.76 Å². The van der Waals surface area contributed by atoms with Gasteiger partial charge in [-0.25, -0.2) is 4.98 Å². The number of hydrogen-bond acceptors (Lipinski definition) is 4. The topological polar surface area (TPSA) is 67.2 Å². The van der Waals surface area contributed by atoms with Crippen molar-refractivity contribution in [3.63, 3.8) is 0 Å². The van der Waals surface area contributed by atoms with Gasteiger partial charge in [0.2, 0.25) is 11.8 Å². The molecule has 0 atom stereocenters. The van der Waals surface area contributed by atoms with Crippen LogP contribution in [0, 0.1) is 12.3 Å². The lowest BCUT2D eigenvalue weighted by molar-refractivity contribution is -0.121. The summed E-state index contributed by atoms with van der Waals surface area (Å²) in [5.74, 6) is 1.28. The van der Waals surface area contributed by atoms with E-state index in [-0.39, 0.29) is 17.7 Å². The van der Waals surface area contributed by atoms with Gasteiger partial charge >= 0.3 is 0 Å². The van der Waals surface area contributed by atoms with Crippen LogP contribution < -0.4 is 10.6 Å². The van der Waals surface area contributed by atoms with Crippen LogP contribution in [0.3, 0.4) is 0 Å². The standard InChI is InChI=1S/C19H25N3O2/c1-14-16(22-18(24-14)15-6-4-3-5-7-15)12-17(23)21-13-19(2)8-10-20-11-9-19/h3-7,20H,8-13H2,1-2H3,(H,21,23). The highest BCUT2D eigenvalue weighted by Crippen LogP contribution is 2.27. The molecule has 0 bridgehead atoms. The van der Waals surface area contributed by atoms with Crippen molar-refractivity contribution in [1.29, 1.82) is 0 Å². The number of nitrogens with zero attached hydrogens (tertiary/aromatic N) is 1. The van der Waals surface area contributed by atoms with E-state index in [0.717, 1.165) is 38.0 Å². The number of nitrogens with one attached hydrogen (secondary N) is 2. The fraction of sp³-hybridized carbons (Fsp3) is 0.474. The van der Waals surface area contributed by atoms with E-state index in [1.807, 2.05) is 37.3 Å². The van der Waals surface area contributed by atoms with Gasteiger partial charge in [-0.1, -0.05) is 25.1 Å². The number of carbonyl (C=O) groups is 1. The van der Waals surface area contributed by atoms with Crippen LogP contribution in [0.15, 0.2) is 34.7 Å². The first-order valence-electron chi connectivity index (χ1n) is 8.55. The van der Waals surface area contributed by atoms with Crippen LogP contribution in [0.25, 0.3) is 11.5 Å². The summed E-state index contributed by atoms with van der Waals surface area (Å²) < 4.78 is 5.72. The molecule has 1 fully saturated rings. The molecule has 128 valence electrons. The molecule has 0 saturated carbocycles. The molecule has 5 nitrogen and oxygen atoms in total. The Bertz CT molecular complexity index is 688. The SMILES string of the molecule is Cc1oc(-c2ccccc2)nc1CC(=O)NCC1(C)CCNCC1. The molecule has 0 unspecified atom stereocenters. The van der Waals surface area contributed by atoms with Crippen molar-refractivity contribution in [2.24, 2.45) is 5.41 Å². The zero-order chi connectivity index (χ0) is 17.0. The number of oxazole rings is 1. The Labute approximate surface area is 142 Å². The van der Waals surface area contributed by atoms with Crippen LogP contribution in [0.2, 0.25) is 0 Å². The number of aryl methyl sites for hydroxylation is 1. The van der Waals surface area contributed by atoms with Gasteiger partial charge in [0, 0.05) is 12.1 Å². The monoisotopic (exact) mass is 327 g/mol. The van der Waals surface area contributed by atoms with Crippen molar-refractivity contribution in [2.75, 3.05) is 19.6 Å². The minimum atomic E-state index is 0.00534. The zero-order valence-corrected chi connectivity index (χ0v) is 14.4. The number of hydrogen-bond donors (Lipinski definition) is 2. The maximum atomic E-state index is 12.3. The Morgan fingerprint density at radius 3 is 2.71 bits per heavy atom. The maximum absolute atomic E-state index is 12.3. The molecule has 3 rings (SSSR count). The van der Waals surface area contributed by atoms with E-state index in [0.29, 0.717) is 17.3 Å². The number of carbonyl (C=O) groups excluding carboxylic acids is 1. The number of piperidine rings is 1. The third-order valence-corrected chi connectivity index (χ3v) is 4.76. The van der Waals surface area contributed by atoms with E-state index in [9.17, 15) is 4.79 Å². The third kappa shape index (κ3) is 4.03. The summed E-state index contributed by atoms with van der Waals surface area (Å²) >= 11 is 0. The lowest BCUT2D eigenvalue weighted by Crippen LogP contribution is -2.43. The van der Waals surface area contributed by atoms with Gasteiger partial charge in [0.05, 0.1) is 12.1 Å². The average Bonchev–Trinajstić information content (AvgIpc) is 2.95. The van der Waals surface area contributed by atoms with Crippen LogP contribution >= 0.6 is 0 Å². The zero-order valence-electron chi connectivity index (χ0n) is 14.4. The van der Waals surface area contributed by atoms with Crippen molar-refractivity contribution in [1.82, 2.24) is 15.6 Å². The molecule has 1 aromatic carbocycles. The van der Waals surface area contributed by atoms with Gasteiger partial charge in [-0.15, -0.1) is 0 Å². The summed E-state index contributed by atoms with van der Waals surface area (Å²) in [5, 5.41) is 6.43. The molecule has 1 saturated heterocycles. The number of aromatic nitrogens is 1. The predicted octanol–water partition coefficient (Wildman–Crippen LogP) is 2.70. The Morgan fingerprint density at radius 1 is 1.29 bits per heavy atom. The molecule has 1 aromatic heterocycles. The largest absolute Gasteiger partial charge is 0.441 e. The highest BCUT2D eigenvalue weighted by atomic mass is 16.4. The smallest absolute Gasteiger partial charge is 0.226 e. The van der Waals surface area contributed by atoms with E-state index < -0.39 is 0 Å². The maximum Gasteiger partial charge on any atom is 0.226 e. The molecule has 1 aliphatic heterocycles. The van der Waals surface area contributed by atoms with Crippen molar-refractivity contribution >= 4 is 5.91 Å². The van der Waals surface area contributed by atoms with Crippen LogP contribution in [-0.4, -0.2) is 30.5 Å². The van der Waals surface area contributed by atoms with Gasteiger partial charge in [-0.05, 0) is 50.4 Å². The van der Waals surface area contributed by atoms with Crippen molar-refractivity contribution in [3.8, 4) is 11.5 Å². The highest BCUT2D eigenvalue weighted by Gasteiger charge is 2.27. The first-order chi connectivity index (χ1) is 11.6. The van der Waals surface area contributed by atoms with Gasteiger partial charge in [0.15, 0.2) is 0 Å². The Morgan fingerprint density at radius 2 is 2.00 bits per heavy atom. The van der Waals surface area contributed by atoms with E-state index >= 15 is 0 Å². The first-order valence-corrected chi connectivity index (χ1v) is 8.55. The molecule has 2 aromatic rings. The molecule has 1 aliphatic rings. The average molecular weight is 327 g/mol. The minimum Gasteiger partial charge on any atom is -0.441 e.